The van der Waals surface area contributed by atoms with E-state index in [4.69, 9.17) is 14.7 Å². The van der Waals surface area contributed by atoms with Crippen molar-refractivity contribution in [1.82, 2.24) is 0 Å². The molecule has 0 bridgehead atoms. The molecule has 1 unspecified atom stereocenters. The second-order valence-electron chi connectivity index (χ2n) is 3.73. The Balaban J connectivity index is 2.09. The van der Waals surface area contributed by atoms with Gasteiger partial charge in [-0.2, -0.15) is 5.26 Å². The molecule has 18 heavy (non-hydrogen) atoms. The predicted octanol–water partition coefficient (Wildman–Crippen LogP) is 1.67. The van der Waals surface area contributed by atoms with E-state index in [0.29, 0.717) is 24.5 Å². The monoisotopic (exact) mass is 310 g/mol. The SMILES string of the molecule is N#Cc1cc(Br)ccc1NC(=O)C1COCCO1. The molecule has 0 saturated carbocycles. The third-order valence-corrected chi connectivity index (χ3v) is 2.96. The first kappa shape index (κ1) is 13.0. The van der Waals surface area contributed by atoms with Crippen LogP contribution in [0, 0.1) is 11.3 Å². The fraction of sp³-hybridized carbons (Fsp3) is 0.333. The zero-order chi connectivity index (χ0) is 13.0. The van der Waals surface area contributed by atoms with Crippen LogP contribution in [-0.4, -0.2) is 31.8 Å². The molecule has 2 rings (SSSR count). The first-order valence-corrected chi connectivity index (χ1v) is 6.20. The van der Waals surface area contributed by atoms with Gasteiger partial charge >= 0.3 is 0 Å². The van der Waals surface area contributed by atoms with Gasteiger partial charge in [-0.15, -0.1) is 0 Å². The number of benzene rings is 1. The Kier molecular flexibility index (Phi) is 4.31. The molecule has 94 valence electrons. The van der Waals surface area contributed by atoms with E-state index in [0.717, 1.165) is 4.47 Å². The lowest BCUT2D eigenvalue weighted by Gasteiger charge is -2.22. The van der Waals surface area contributed by atoms with Crippen LogP contribution in [0.2, 0.25) is 0 Å². The molecule has 0 aliphatic carbocycles. The normalized spacial score (nSPS) is 19.0. The number of anilines is 1. The molecule has 1 atom stereocenters. The third kappa shape index (κ3) is 3.07. The number of ether oxygens (including phenoxy) is 2. The predicted molar refractivity (Wildman–Crippen MR) is 68.0 cm³/mol. The van der Waals surface area contributed by atoms with Crippen LogP contribution in [0.4, 0.5) is 5.69 Å². The minimum atomic E-state index is -0.617. The molecule has 1 saturated heterocycles. The van der Waals surface area contributed by atoms with Gasteiger partial charge in [0.05, 0.1) is 31.1 Å². The van der Waals surface area contributed by atoms with Gasteiger partial charge in [0.1, 0.15) is 6.07 Å². The van der Waals surface area contributed by atoms with E-state index in [1.54, 1.807) is 18.2 Å². The summed E-state index contributed by atoms with van der Waals surface area (Å²) in [5, 5.41) is 11.7. The van der Waals surface area contributed by atoms with Crippen LogP contribution in [0.25, 0.3) is 0 Å². The molecule has 1 aromatic rings. The standard InChI is InChI=1S/C12H11BrN2O3/c13-9-1-2-10(8(5-9)6-14)15-12(16)11-7-17-3-4-18-11/h1-2,5,11H,3-4,7H2,(H,15,16). The lowest BCUT2D eigenvalue weighted by Crippen LogP contribution is -2.39. The van der Waals surface area contributed by atoms with Gasteiger partial charge in [-0.25, -0.2) is 0 Å². The number of nitriles is 1. The Hall–Kier alpha value is -1.42. The van der Waals surface area contributed by atoms with Gasteiger partial charge in [-0.3, -0.25) is 4.79 Å². The van der Waals surface area contributed by atoms with Crippen molar-refractivity contribution in [1.29, 1.82) is 5.26 Å². The molecule has 1 amide bonds. The zero-order valence-electron chi connectivity index (χ0n) is 9.48. The number of nitrogens with zero attached hydrogens (tertiary/aromatic N) is 1. The van der Waals surface area contributed by atoms with Crippen LogP contribution in [0.1, 0.15) is 5.56 Å². The molecule has 1 aliphatic rings. The highest BCUT2D eigenvalue weighted by atomic mass is 79.9. The van der Waals surface area contributed by atoms with Gasteiger partial charge in [0.15, 0.2) is 6.10 Å². The first-order valence-electron chi connectivity index (χ1n) is 5.40. The number of carbonyl (C=O) groups is 1. The number of carbonyl (C=O) groups excluding carboxylic acids is 1. The van der Waals surface area contributed by atoms with E-state index in [1.807, 2.05) is 6.07 Å². The van der Waals surface area contributed by atoms with Gasteiger partial charge in [-0.05, 0) is 18.2 Å². The molecule has 5 nitrogen and oxygen atoms in total. The summed E-state index contributed by atoms with van der Waals surface area (Å²) in [4.78, 5) is 11.9. The van der Waals surface area contributed by atoms with Crippen molar-refractivity contribution in [2.24, 2.45) is 0 Å². The highest BCUT2D eigenvalue weighted by Gasteiger charge is 2.23. The van der Waals surface area contributed by atoms with E-state index in [2.05, 4.69) is 21.2 Å². The number of nitrogens with one attached hydrogen (secondary N) is 1. The minimum absolute atomic E-state index is 0.240. The minimum Gasteiger partial charge on any atom is -0.376 e. The molecule has 1 heterocycles. The Morgan fingerprint density at radius 3 is 3.00 bits per heavy atom. The number of hydrogen-bond acceptors (Lipinski definition) is 4. The lowest BCUT2D eigenvalue weighted by molar-refractivity contribution is -0.142. The molecule has 1 aromatic carbocycles. The average Bonchev–Trinajstić information content (AvgIpc) is 2.41. The number of hydrogen-bond donors (Lipinski definition) is 1. The number of halogens is 1. The number of amides is 1. The van der Waals surface area contributed by atoms with E-state index in [-0.39, 0.29) is 12.5 Å². The van der Waals surface area contributed by atoms with Gasteiger partial charge in [-0.1, -0.05) is 15.9 Å². The van der Waals surface area contributed by atoms with Crippen LogP contribution < -0.4 is 5.32 Å². The molecule has 0 spiro atoms. The number of rotatable bonds is 2. The summed E-state index contributed by atoms with van der Waals surface area (Å²) in [5.41, 5.74) is 0.870. The fourth-order valence-electron chi connectivity index (χ4n) is 1.57. The summed E-state index contributed by atoms with van der Waals surface area (Å²) in [7, 11) is 0. The van der Waals surface area contributed by atoms with Crippen LogP contribution in [0.3, 0.4) is 0 Å². The molecule has 1 aliphatic heterocycles. The molecule has 1 N–H and O–H groups in total. The van der Waals surface area contributed by atoms with Gasteiger partial charge < -0.3 is 14.8 Å². The topological polar surface area (TPSA) is 71.4 Å². The van der Waals surface area contributed by atoms with Crippen molar-refractivity contribution < 1.29 is 14.3 Å². The zero-order valence-corrected chi connectivity index (χ0v) is 11.1. The molecule has 1 fully saturated rings. The third-order valence-electron chi connectivity index (χ3n) is 2.47. The van der Waals surface area contributed by atoms with Crippen molar-refractivity contribution in [3.63, 3.8) is 0 Å². The second kappa shape index (κ2) is 5.96. The summed E-state index contributed by atoms with van der Waals surface area (Å²) in [6, 6.07) is 7.10. The van der Waals surface area contributed by atoms with Gasteiger partial charge in [0, 0.05) is 4.47 Å². The van der Waals surface area contributed by atoms with Gasteiger partial charge in [0.2, 0.25) is 0 Å². The Bertz CT molecular complexity index is 493. The van der Waals surface area contributed by atoms with Crippen LogP contribution in [0.5, 0.6) is 0 Å². The smallest absolute Gasteiger partial charge is 0.255 e. The summed E-state index contributed by atoms with van der Waals surface area (Å²) < 4.78 is 11.2. The summed E-state index contributed by atoms with van der Waals surface area (Å²) in [6.07, 6.45) is -0.617. The van der Waals surface area contributed by atoms with Crippen molar-refractivity contribution in [2.75, 3.05) is 25.1 Å². The van der Waals surface area contributed by atoms with Gasteiger partial charge in [0.25, 0.3) is 5.91 Å². The van der Waals surface area contributed by atoms with Crippen molar-refractivity contribution in [3.05, 3.63) is 28.2 Å². The average molecular weight is 311 g/mol. The molecule has 6 heteroatoms. The Labute approximate surface area is 113 Å². The van der Waals surface area contributed by atoms with Crippen molar-refractivity contribution >= 4 is 27.5 Å². The Morgan fingerprint density at radius 2 is 2.33 bits per heavy atom. The maximum absolute atomic E-state index is 11.9. The van der Waals surface area contributed by atoms with E-state index in [9.17, 15) is 4.79 Å². The summed E-state index contributed by atoms with van der Waals surface area (Å²) in [5.74, 6) is -0.298. The molecule has 0 aromatic heterocycles. The maximum Gasteiger partial charge on any atom is 0.255 e. The maximum atomic E-state index is 11.9. The highest BCUT2D eigenvalue weighted by molar-refractivity contribution is 9.10. The van der Waals surface area contributed by atoms with Crippen LogP contribution in [-0.2, 0) is 14.3 Å². The summed E-state index contributed by atoms with van der Waals surface area (Å²) in [6.45, 7) is 1.15. The fourth-order valence-corrected chi connectivity index (χ4v) is 1.93. The largest absolute Gasteiger partial charge is 0.376 e. The van der Waals surface area contributed by atoms with Crippen molar-refractivity contribution in [2.45, 2.75) is 6.10 Å². The van der Waals surface area contributed by atoms with E-state index < -0.39 is 6.10 Å². The van der Waals surface area contributed by atoms with Crippen LogP contribution in [0.15, 0.2) is 22.7 Å². The van der Waals surface area contributed by atoms with Crippen molar-refractivity contribution in [3.8, 4) is 6.07 Å². The highest BCUT2D eigenvalue weighted by Crippen LogP contribution is 2.20. The second-order valence-corrected chi connectivity index (χ2v) is 4.64. The first-order chi connectivity index (χ1) is 8.70. The lowest BCUT2D eigenvalue weighted by atomic mass is 10.2. The van der Waals surface area contributed by atoms with E-state index in [1.165, 1.54) is 0 Å². The quantitative estimate of drug-likeness (QED) is 0.902. The molecule has 0 radical (unpaired) electrons. The van der Waals surface area contributed by atoms with E-state index >= 15 is 0 Å². The molecular formula is C12H11BrN2O3. The Morgan fingerprint density at radius 1 is 1.50 bits per heavy atom. The molecular weight excluding hydrogens is 300 g/mol. The summed E-state index contributed by atoms with van der Waals surface area (Å²) >= 11 is 3.27. The van der Waals surface area contributed by atoms with Crippen LogP contribution >= 0.6 is 15.9 Å².